The maximum Gasteiger partial charge on any atom is 0.302 e. The molecule has 5 nitrogen and oxygen atoms in total. The van der Waals surface area contributed by atoms with Gasteiger partial charge in [0.25, 0.3) is 0 Å². The molecule has 0 aromatic carbocycles. The van der Waals surface area contributed by atoms with Crippen LogP contribution < -0.4 is 0 Å². The van der Waals surface area contributed by atoms with Crippen LogP contribution in [0.25, 0.3) is 0 Å². The Balaban J connectivity index is 1.74. The van der Waals surface area contributed by atoms with Crippen LogP contribution in [0.5, 0.6) is 0 Å². The number of carbonyl (C=O) groups is 1. The van der Waals surface area contributed by atoms with Gasteiger partial charge in [0.05, 0.1) is 12.2 Å². The maximum atomic E-state index is 12.0. The van der Waals surface area contributed by atoms with Crippen molar-refractivity contribution in [3.05, 3.63) is 0 Å². The lowest BCUT2D eigenvalue weighted by Crippen LogP contribution is -2.61. The van der Waals surface area contributed by atoms with Gasteiger partial charge in [-0.15, -0.1) is 0 Å². The molecule has 0 heterocycles. The van der Waals surface area contributed by atoms with E-state index in [2.05, 4.69) is 6.92 Å². The third kappa shape index (κ3) is 2.95. The molecule has 4 rings (SSSR count). The fourth-order valence-electron chi connectivity index (χ4n) is 8.50. The van der Waals surface area contributed by atoms with Crippen LogP contribution in [0.4, 0.5) is 0 Å². The van der Waals surface area contributed by atoms with Gasteiger partial charge < -0.3 is 20.1 Å². The fraction of sp³-hybridized carbons (Fsp3) is 0.957. The Morgan fingerprint density at radius 3 is 2.61 bits per heavy atom. The van der Waals surface area contributed by atoms with Crippen molar-refractivity contribution in [1.29, 1.82) is 0 Å². The molecule has 10 atom stereocenters. The highest BCUT2D eigenvalue weighted by atomic mass is 16.5. The Labute approximate surface area is 168 Å². The van der Waals surface area contributed by atoms with Gasteiger partial charge in [0.15, 0.2) is 0 Å². The van der Waals surface area contributed by atoms with Crippen LogP contribution in [-0.2, 0) is 9.53 Å². The summed E-state index contributed by atoms with van der Waals surface area (Å²) in [6.45, 7) is 5.76. The Bertz CT molecular complexity index is 606. The standard InChI is InChI=1S/C23H38O5/c1-13(25)18-6-7-19-17-5-4-15-10-16(27)8-9-22(15,3)21(17)20(28-14(2)26)11-23(18,19)12-24/h13,15-21,24-25,27H,4-12H2,1-3H3/t13?,15-,16-,17-,18+,19-,20-,21+,22-,23-/m0/s1. The third-order valence-electron chi connectivity index (χ3n) is 9.53. The first-order chi connectivity index (χ1) is 13.2. The molecule has 4 saturated carbocycles. The molecule has 0 spiro atoms. The molecular formula is C23H38O5. The van der Waals surface area contributed by atoms with E-state index in [-0.39, 0.29) is 41.5 Å². The summed E-state index contributed by atoms with van der Waals surface area (Å²) in [5, 5.41) is 31.3. The van der Waals surface area contributed by atoms with Crippen molar-refractivity contribution in [2.24, 2.45) is 40.4 Å². The second-order valence-electron chi connectivity index (χ2n) is 10.7. The van der Waals surface area contributed by atoms with E-state index in [1.165, 1.54) is 6.92 Å². The second-order valence-corrected chi connectivity index (χ2v) is 10.7. The number of rotatable bonds is 3. The highest BCUT2D eigenvalue weighted by Crippen LogP contribution is 2.68. The van der Waals surface area contributed by atoms with Gasteiger partial charge in [-0.25, -0.2) is 0 Å². The molecule has 4 aliphatic rings. The normalized spacial score (nSPS) is 51.6. The minimum atomic E-state index is -0.455. The average Bonchev–Trinajstić information content (AvgIpc) is 3.01. The van der Waals surface area contributed by atoms with E-state index in [9.17, 15) is 20.1 Å². The first-order valence-electron chi connectivity index (χ1n) is 11.4. The van der Waals surface area contributed by atoms with Crippen molar-refractivity contribution in [3.8, 4) is 0 Å². The quantitative estimate of drug-likeness (QED) is 0.641. The molecule has 3 N–H and O–H groups in total. The first-order valence-corrected chi connectivity index (χ1v) is 11.4. The van der Waals surface area contributed by atoms with Gasteiger partial charge in [-0.1, -0.05) is 6.92 Å². The number of hydrogen-bond acceptors (Lipinski definition) is 5. The first kappa shape index (κ1) is 20.6. The van der Waals surface area contributed by atoms with Crippen LogP contribution in [0.2, 0.25) is 0 Å². The summed E-state index contributed by atoms with van der Waals surface area (Å²) in [7, 11) is 0. The summed E-state index contributed by atoms with van der Waals surface area (Å²) in [6, 6.07) is 0. The van der Waals surface area contributed by atoms with Crippen molar-refractivity contribution in [3.63, 3.8) is 0 Å². The molecule has 4 aliphatic carbocycles. The highest BCUT2D eigenvalue weighted by Gasteiger charge is 2.65. The Morgan fingerprint density at radius 2 is 1.96 bits per heavy atom. The predicted octanol–water partition coefficient (Wildman–Crippen LogP) is 2.90. The number of carbonyl (C=O) groups excluding carboxylic acids is 1. The van der Waals surface area contributed by atoms with E-state index < -0.39 is 6.10 Å². The largest absolute Gasteiger partial charge is 0.462 e. The van der Waals surface area contributed by atoms with Crippen LogP contribution in [0.1, 0.15) is 72.1 Å². The monoisotopic (exact) mass is 394 g/mol. The molecule has 1 unspecified atom stereocenters. The van der Waals surface area contributed by atoms with Crippen LogP contribution in [0.3, 0.4) is 0 Å². The zero-order valence-electron chi connectivity index (χ0n) is 17.6. The molecule has 0 aromatic rings. The molecule has 0 radical (unpaired) electrons. The fourth-order valence-corrected chi connectivity index (χ4v) is 8.50. The number of ether oxygens (including phenoxy) is 1. The van der Waals surface area contributed by atoms with Gasteiger partial charge in [-0.2, -0.15) is 0 Å². The molecule has 0 amide bonds. The van der Waals surface area contributed by atoms with Crippen LogP contribution in [0, 0.1) is 40.4 Å². The summed E-state index contributed by atoms with van der Waals surface area (Å²) in [5.74, 6) is 1.40. The predicted molar refractivity (Wildman–Crippen MR) is 105 cm³/mol. The Kier molecular flexibility index (Phi) is 5.33. The molecule has 5 heteroatoms. The van der Waals surface area contributed by atoms with E-state index >= 15 is 0 Å². The lowest BCUT2D eigenvalue weighted by atomic mass is 9.43. The SMILES string of the molecule is CC(=O)O[C@H]1C[C@]2(CO)[C@@H](C(C)O)CC[C@H]2[C@@H]2CC[C@H]3C[C@@H](O)CC[C@]3(C)[C@H]21. The van der Waals surface area contributed by atoms with Gasteiger partial charge in [0.1, 0.15) is 6.10 Å². The number of aliphatic hydroxyl groups is 3. The van der Waals surface area contributed by atoms with Gasteiger partial charge in [-0.05, 0) is 87.4 Å². The Morgan fingerprint density at radius 1 is 1.21 bits per heavy atom. The molecule has 4 fully saturated rings. The lowest BCUT2D eigenvalue weighted by Gasteiger charge is -2.63. The van der Waals surface area contributed by atoms with Crippen molar-refractivity contribution < 1.29 is 24.9 Å². The number of aliphatic hydroxyl groups excluding tert-OH is 3. The van der Waals surface area contributed by atoms with Crippen molar-refractivity contribution in [2.45, 2.75) is 90.4 Å². The highest BCUT2D eigenvalue weighted by molar-refractivity contribution is 5.66. The van der Waals surface area contributed by atoms with Gasteiger partial charge in [-0.3, -0.25) is 4.79 Å². The molecule has 0 aliphatic heterocycles. The smallest absolute Gasteiger partial charge is 0.302 e. The van der Waals surface area contributed by atoms with Crippen LogP contribution in [0.15, 0.2) is 0 Å². The molecular weight excluding hydrogens is 356 g/mol. The topological polar surface area (TPSA) is 87.0 Å². The average molecular weight is 395 g/mol. The zero-order chi connectivity index (χ0) is 20.3. The van der Waals surface area contributed by atoms with E-state index in [0.29, 0.717) is 30.1 Å². The molecule has 28 heavy (non-hydrogen) atoms. The van der Waals surface area contributed by atoms with E-state index in [1.807, 2.05) is 6.92 Å². The number of hydrogen-bond donors (Lipinski definition) is 3. The van der Waals surface area contributed by atoms with Crippen LogP contribution >= 0.6 is 0 Å². The van der Waals surface area contributed by atoms with Crippen molar-refractivity contribution in [2.75, 3.05) is 6.61 Å². The van der Waals surface area contributed by atoms with Crippen LogP contribution in [-0.4, -0.2) is 46.2 Å². The summed E-state index contributed by atoms with van der Waals surface area (Å²) in [5.41, 5.74) is -0.264. The third-order valence-corrected chi connectivity index (χ3v) is 9.53. The van der Waals surface area contributed by atoms with E-state index in [0.717, 1.165) is 44.9 Å². The van der Waals surface area contributed by atoms with Gasteiger partial charge in [0, 0.05) is 24.9 Å². The summed E-state index contributed by atoms with van der Waals surface area (Å²) in [6.07, 6.45) is 6.66. The van der Waals surface area contributed by atoms with Gasteiger partial charge in [0.2, 0.25) is 0 Å². The minimum absolute atomic E-state index is 0.0626. The summed E-state index contributed by atoms with van der Waals surface area (Å²) in [4.78, 5) is 12.0. The van der Waals surface area contributed by atoms with E-state index in [4.69, 9.17) is 4.74 Å². The van der Waals surface area contributed by atoms with Crippen molar-refractivity contribution in [1.82, 2.24) is 0 Å². The van der Waals surface area contributed by atoms with Gasteiger partial charge >= 0.3 is 5.97 Å². The minimum Gasteiger partial charge on any atom is -0.462 e. The second kappa shape index (κ2) is 7.24. The van der Waals surface area contributed by atoms with Crippen molar-refractivity contribution >= 4 is 5.97 Å². The molecule has 0 aromatic heterocycles. The zero-order valence-corrected chi connectivity index (χ0v) is 17.6. The maximum absolute atomic E-state index is 12.0. The summed E-state index contributed by atoms with van der Waals surface area (Å²) < 4.78 is 5.97. The molecule has 0 bridgehead atoms. The van der Waals surface area contributed by atoms with E-state index in [1.54, 1.807) is 0 Å². The summed E-state index contributed by atoms with van der Waals surface area (Å²) >= 11 is 0. The number of esters is 1. The number of fused-ring (bicyclic) bond motifs is 5. The Hall–Kier alpha value is -0.650. The lowest BCUT2D eigenvalue weighted by molar-refractivity contribution is -0.208. The molecule has 160 valence electrons. The molecule has 0 saturated heterocycles.